The van der Waals surface area contributed by atoms with Gasteiger partial charge in [0.1, 0.15) is 27.6 Å². The lowest BCUT2D eigenvalue weighted by atomic mass is 10.3. The fourth-order valence-electron chi connectivity index (χ4n) is 3.85. The van der Waals surface area contributed by atoms with Gasteiger partial charge in [0.2, 0.25) is 14.3 Å². The van der Waals surface area contributed by atoms with Gasteiger partial charge in [-0.3, -0.25) is 19.9 Å². The molecule has 172 valence electrons. The number of hydrogen-bond acceptors (Lipinski definition) is 6. The summed E-state index contributed by atoms with van der Waals surface area (Å²) in [5.41, 5.74) is 1.00. The molecule has 0 saturated carbocycles. The Bertz CT molecular complexity index is 1350. The largest absolute Gasteiger partial charge is 0.305 e. The van der Waals surface area contributed by atoms with Crippen molar-refractivity contribution in [2.75, 3.05) is 0 Å². The van der Waals surface area contributed by atoms with E-state index in [4.69, 9.17) is 0 Å². The molecule has 0 atom stereocenters. The Morgan fingerprint density at radius 2 is 0.800 bits per heavy atom. The number of aromatic nitrogens is 4. The molecule has 35 heavy (non-hydrogen) atoms. The Morgan fingerprint density at radius 3 is 1.06 bits per heavy atom. The van der Waals surface area contributed by atoms with Gasteiger partial charge in [-0.25, -0.2) is 4.39 Å². The SMILES string of the molecule is O=P(c1cc(F)cc(P(=O)(c2ccccn2)c2ccccn2)c1)(c1ccccn1)c1ccccn1. The third-order valence-corrected chi connectivity index (χ3v) is 11.1. The highest BCUT2D eigenvalue weighted by atomic mass is 31.2. The summed E-state index contributed by atoms with van der Waals surface area (Å²) >= 11 is 0. The van der Waals surface area contributed by atoms with E-state index in [0.717, 1.165) is 0 Å². The first-order valence-electron chi connectivity index (χ1n) is 10.7. The van der Waals surface area contributed by atoms with Crippen LogP contribution in [0.2, 0.25) is 0 Å². The van der Waals surface area contributed by atoms with Gasteiger partial charge in [-0.2, -0.15) is 0 Å². The van der Waals surface area contributed by atoms with Crippen molar-refractivity contribution in [3.8, 4) is 0 Å². The molecule has 5 rings (SSSR count). The average Bonchev–Trinajstić information content (AvgIpc) is 2.93. The van der Waals surface area contributed by atoms with Crippen LogP contribution in [0.1, 0.15) is 0 Å². The summed E-state index contributed by atoms with van der Waals surface area (Å²) in [7, 11) is -7.41. The van der Waals surface area contributed by atoms with E-state index in [1.54, 1.807) is 72.8 Å². The summed E-state index contributed by atoms with van der Waals surface area (Å²) in [5, 5.41) is 0.272. The highest BCUT2D eigenvalue weighted by Gasteiger charge is 2.37. The second-order valence-corrected chi connectivity index (χ2v) is 12.9. The third kappa shape index (κ3) is 4.14. The van der Waals surface area contributed by atoms with Crippen molar-refractivity contribution in [2.24, 2.45) is 0 Å². The van der Waals surface area contributed by atoms with Gasteiger partial charge in [0.25, 0.3) is 0 Å². The number of hydrogen-bond donors (Lipinski definition) is 0. The van der Waals surface area contributed by atoms with Gasteiger partial charge < -0.3 is 9.13 Å². The summed E-state index contributed by atoms with van der Waals surface area (Å²) in [4.78, 5) is 17.3. The molecule has 4 aromatic heterocycles. The first-order valence-corrected chi connectivity index (χ1v) is 14.1. The number of pyridine rings is 4. The summed E-state index contributed by atoms with van der Waals surface area (Å²) in [5.74, 6) is -0.684. The highest BCUT2D eigenvalue weighted by molar-refractivity contribution is 7.86. The lowest BCUT2D eigenvalue weighted by molar-refractivity contribution is 0.590. The Balaban J connectivity index is 1.81. The fraction of sp³-hybridized carbons (Fsp3) is 0. The van der Waals surface area contributed by atoms with Gasteiger partial charge in [0.05, 0.1) is 0 Å². The number of benzene rings is 1. The van der Waals surface area contributed by atoms with Crippen molar-refractivity contribution in [3.63, 3.8) is 0 Å². The van der Waals surface area contributed by atoms with E-state index < -0.39 is 20.1 Å². The van der Waals surface area contributed by atoms with Crippen LogP contribution in [0.15, 0.2) is 116 Å². The van der Waals surface area contributed by atoms with Crippen molar-refractivity contribution < 1.29 is 13.5 Å². The summed E-state index contributed by atoms with van der Waals surface area (Å²) in [6.45, 7) is 0. The van der Waals surface area contributed by atoms with E-state index in [0.29, 0.717) is 0 Å². The van der Waals surface area contributed by atoms with Crippen LogP contribution in [0, 0.1) is 5.82 Å². The Morgan fingerprint density at radius 1 is 0.486 bits per heavy atom. The Hall–Kier alpha value is -3.79. The molecular weight excluding hydrogens is 481 g/mol. The smallest absolute Gasteiger partial charge is 0.206 e. The van der Waals surface area contributed by atoms with Crippen molar-refractivity contribution in [1.29, 1.82) is 0 Å². The first kappa shape index (κ1) is 23.0. The zero-order valence-corrected chi connectivity index (χ0v) is 20.1. The minimum Gasteiger partial charge on any atom is -0.305 e. The predicted octanol–water partition coefficient (Wildman–Crippen LogP) is 2.68. The molecule has 0 aliphatic carbocycles. The first-order chi connectivity index (χ1) is 17.0. The quantitative estimate of drug-likeness (QED) is 0.334. The van der Waals surface area contributed by atoms with Crippen LogP contribution in [0.5, 0.6) is 0 Å². The minimum atomic E-state index is -3.71. The van der Waals surface area contributed by atoms with Crippen LogP contribution in [0.25, 0.3) is 0 Å². The number of halogens is 1. The molecule has 0 N–H and O–H groups in total. The monoisotopic (exact) mass is 500 g/mol. The molecule has 4 heterocycles. The molecule has 0 bridgehead atoms. The van der Waals surface area contributed by atoms with E-state index in [1.165, 1.54) is 43.0 Å². The molecule has 6 nitrogen and oxygen atoms in total. The maximum atomic E-state index is 15.2. The van der Waals surface area contributed by atoms with Crippen LogP contribution in [-0.2, 0) is 9.13 Å². The summed E-state index contributed by atoms with van der Waals surface area (Å²) < 4.78 is 44.6. The zero-order valence-electron chi connectivity index (χ0n) is 18.3. The van der Waals surface area contributed by atoms with Crippen LogP contribution >= 0.6 is 14.3 Å². The second-order valence-electron chi connectivity index (χ2n) is 7.64. The lowest BCUT2D eigenvalue weighted by Gasteiger charge is -2.22. The maximum absolute atomic E-state index is 15.2. The zero-order chi connectivity index (χ0) is 24.3. The van der Waals surface area contributed by atoms with E-state index in [2.05, 4.69) is 19.9 Å². The molecule has 0 radical (unpaired) electrons. The van der Waals surface area contributed by atoms with Crippen molar-refractivity contribution in [3.05, 3.63) is 122 Å². The third-order valence-electron chi connectivity index (χ3n) is 5.48. The molecule has 1 aromatic carbocycles. The van der Waals surface area contributed by atoms with Crippen molar-refractivity contribution in [2.45, 2.75) is 0 Å². The number of nitrogens with zero attached hydrogens (tertiary/aromatic N) is 4. The van der Waals surface area contributed by atoms with E-state index in [-0.39, 0.29) is 32.3 Å². The van der Waals surface area contributed by atoms with E-state index >= 15 is 4.39 Å². The predicted molar refractivity (Wildman–Crippen MR) is 136 cm³/mol. The highest BCUT2D eigenvalue weighted by Crippen LogP contribution is 2.44. The molecule has 0 aliphatic rings. The topological polar surface area (TPSA) is 85.7 Å². The van der Waals surface area contributed by atoms with Gasteiger partial charge in [-0.05, 0) is 66.7 Å². The summed E-state index contributed by atoms with van der Waals surface area (Å²) in [6.07, 6.45) is 6.10. The maximum Gasteiger partial charge on any atom is 0.206 e. The van der Waals surface area contributed by atoms with Crippen LogP contribution in [-0.4, -0.2) is 19.9 Å². The molecular formula is C26H19FN4O2P2. The van der Waals surface area contributed by atoms with E-state index in [9.17, 15) is 9.13 Å². The van der Waals surface area contributed by atoms with Crippen LogP contribution in [0.3, 0.4) is 0 Å². The van der Waals surface area contributed by atoms with Crippen molar-refractivity contribution >= 4 is 46.6 Å². The number of rotatable bonds is 6. The van der Waals surface area contributed by atoms with Crippen LogP contribution < -0.4 is 32.3 Å². The van der Waals surface area contributed by atoms with E-state index in [1.807, 2.05) is 0 Å². The van der Waals surface area contributed by atoms with Gasteiger partial charge in [0, 0.05) is 35.4 Å². The molecule has 0 fully saturated rings. The van der Waals surface area contributed by atoms with Gasteiger partial charge in [-0.15, -0.1) is 0 Å². The van der Waals surface area contributed by atoms with Gasteiger partial charge >= 0.3 is 0 Å². The Labute approximate surface area is 201 Å². The molecule has 9 heteroatoms. The average molecular weight is 500 g/mol. The minimum absolute atomic E-state index is 0.136. The molecule has 0 unspecified atom stereocenters. The standard InChI is InChI=1S/C26H19FN4O2P2/c27-20-17-21(34(32,23-9-1-5-13-28-23)24-10-2-6-14-29-24)19-22(18-20)35(33,25-11-3-7-15-30-25)26-12-4-8-16-31-26/h1-19H. The lowest BCUT2D eigenvalue weighted by Crippen LogP contribution is -2.33. The van der Waals surface area contributed by atoms with Crippen molar-refractivity contribution in [1.82, 2.24) is 19.9 Å². The molecule has 0 saturated heterocycles. The summed E-state index contributed by atoms with van der Waals surface area (Å²) in [6, 6.07) is 24.1. The van der Waals surface area contributed by atoms with Gasteiger partial charge in [0.15, 0.2) is 0 Å². The van der Waals surface area contributed by atoms with Gasteiger partial charge in [-0.1, -0.05) is 24.3 Å². The molecule has 0 amide bonds. The molecule has 0 spiro atoms. The van der Waals surface area contributed by atoms with Crippen LogP contribution in [0.4, 0.5) is 4.39 Å². The molecule has 5 aromatic rings. The second kappa shape index (κ2) is 9.46. The fourth-order valence-corrected chi connectivity index (χ4v) is 8.83. The molecule has 0 aliphatic heterocycles. The Kier molecular flexibility index (Phi) is 6.21. The normalized spacial score (nSPS) is 11.8.